The van der Waals surface area contributed by atoms with Crippen LogP contribution in [0, 0.1) is 0 Å². The van der Waals surface area contributed by atoms with Gasteiger partial charge in [-0.3, -0.25) is 0 Å². The molecule has 3 nitrogen and oxygen atoms in total. The molecule has 1 atom stereocenters. The number of aliphatic hydroxyl groups excluding tert-OH is 1. The lowest BCUT2D eigenvalue weighted by Crippen LogP contribution is -1.97. The first-order valence-electron chi connectivity index (χ1n) is 3.91. The fourth-order valence-corrected chi connectivity index (χ4v) is 1.06. The molecule has 0 amide bonds. The van der Waals surface area contributed by atoms with Crippen molar-refractivity contribution in [1.29, 1.82) is 0 Å². The van der Waals surface area contributed by atoms with Crippen LogP contribution in [-0.4, -0.2) is 10.2 Å². The molecule has 0 radical (unpaired) electrons. The number of nitrogen functional groups attached to an aromatic ring is 1. The summed E-state index contributed by atoms with van der Waals surface area (Å²) in [5.74, 6) is 0.0959. The lowest BCUT2D eigenvalue weighted by Gasteiger charge is -2.10. The van der Waals surface area contributed by atoms with Gasteiger partial charge in [0.1, 0.15) is 5.75 Å². The van der Waals surface area contributed by atoms with E-state index in [2.05, 4.69) is 0 Å². The summed E-state index contributed by atoms with van der Waals surface area (Å²) >= 11 is 0. The van der Waals surface area contributed by atoms with E-state index in [-0.39, 0.29) is 5.75 Å². The normalized spacial score (nSPS) is 12.8. The largest absolute Gasteiger partial charge is 0.508 e. The summed E-state index contributed by atoms with van der Waals surface area (Å²) in [6, 6.07) is 4.67. The smallest absolute Gasteiger partial charge is 0.121 e. The van der Waals surface area contributed by atoms with Crippen LogP contribution < -0.4 is 5.73 Å². The van der Waals surface area contributed by atoms with Crippen LogP contribution >= 0.6 is 0 Å². The van der Waals surface area contributed by atoms with Crippen LogP contribution in [-0.2, 0) is 0 Å². The Morgan fingerprint density at radius 2 is 2.17 bits per heavy atom. The van der Waals surface area contributed by atoms with E-state index in [1.54, 1.807) is 12.1 Å². The van der Waals surface area contributed by atoms with E-state index >= 15 is 0 Å². The van der Waals surface area contributed by atoms with E-state index in [1.165, 1.54) is 6.07 Å². The Kier molecular flexibility index (Phi) is 2.55. The Balaban J connectivity index is 3.04. The van der Waals surface area contributed by atoms with Crippen LogP contribution in [0.25, 0.3) is 0 Å². The Morgan fingerprint density at radius 1 is 1.50 bits per heavy atom. The molecule has 0 heterocycles. The van der Waals surface area contributed by atoms with Crippen LogP contribution in [0.4, 0.5) is 5.69 Å². The highest BCUT2D eigenvalue weighted by Gasteiger charge is 2.09. The molecule has 0 bridgehead atoms. The lowest BCUT2D eigenvalue weighted by molar-refractivity contribution is 0.170. The van der Waals surface area contributed by atoms with Gasteiger partial charge < -0.3 is 15.9 Å². The van der Waals surface area contributed by atoms with Crippen LogP contribution in [0.1, 0.15) is 25.0 Å². The molecule has 4 N–H and O–H groups in total. The first kappa shape index (κ1) is 8.87. The van der Waals surface area contributed by atoms with Gasteiger partial charge in [0.05, 0.1) is 6.10 Å². The van der Waals surface area contributed by atoms with E-state index in [1.807, 2.05) is 6.92 Å². The van der Waals surface area contributed by atoms with E-state index in [0.29, 0.717) is 17.7 Å². The van der Waals surface area contributed by atoms with Gasteiger partial charge in [-0.1, -0.05) is 6.92 Å². The average molecular weight is 167 g/mol. The number of anilines is 1. The van der Waals surface area contributed by atoms with Crippen molar-refractivity contribution in [3.05, 3.63) is 23.8 Å². The third-order valence-corrected chi connectivity index (χ3v) is 1.80. The van der Waals surface area contributed by atoms with Gasteiger partial charge >= 0.3 is 0 Å². The molecule has 66 valence electrons. The van der Waals surface area contributed by atoms with Gasteiger partial charge in [0.15, 0.2) is 0 Å². The number of hydrogen-bond acceptors (Lipinski definition) is 3. The molecule has 0 aromatic heterocycles. The molecular formula is C9H13NO2. The topological polar surface area (TPSA) is 66.5 Å². The Morgan fingerprint density at radius 3 is 2.75 bits per heavy atom. The molecule has 0 saturated carbocycles. The summed E-state index contributed by atoms with van der Waals surface area (Å²) in [5, 5.41) is 18.7. The number of phenols is 1. The van der Waals surface area contributed by atoms with Crippen molar-refractivity contribution >= 4 is 5.69 Å². The van der Waals surface area contributed by atoms with Gasteiger partial charge in [-0.05, 0) is 24.6 Å². The summed E-state index contributed by atoms with van der Waals surface area (Å²) in [4.78, 5) is 0. The molecule has 0 aliphatic rings. The van der Waals surface area contributed by atoms with E-state index in [0.717, 1.165) is 0 Å². The summed E-state index contributed by atoms with van der Waals surface area (Å²) in [6.07, 6.45) is -0.0645. The monoisotopic (exact) mass is 167 g/mol. The summed E-state index contributed by atoms with van der Waals surface area (Å²) in [7, 11) is 0. The number of aliphatic hydroxyl groups is 1. The second-order valence-corrected chi connectivity index (χ2v) is 2.74. The summed E-state index contributed by atoms with van der Waals surface area (Å²) < 4.78 is 0. The van der Waals surface area contributed by atoms with Crippen molar-refractivity contribution < 1.29 is 10.2 Å². The average Bonchev–Trinajstić information content (AvgIpc) is 2.08. The SMILES string of the molecule is CCC(O)c1cc(N)ccc1O. The van der Waals surface area contributed by atoms with Crippen LogP contribution in [0.15, 0.2) is 18.2 Å². The molecule has 1 aromatic rings. The minimum Gasteiger partial charge on any atom is -0.508 e. The number of hydrogen-bond donors (Lipinski definition) is 3. The van der Waals surface area contributed by atoms with Crippen LogP contribution in [0.3, 0.4) is 0 Å². The predicted octanol–water partition coefficient (Wildman–Crippen LogP) is 1.42. The number of phenolic OH excluding ortho intramolecular Hbond substituents is 1. The lowest BCUT2D eigenvalue weighted by atomic mass is 10.1. The molecule has 1 unspecified atom stereocenters. The van der Waals surface area contributed by atoms with Crippen molar-refractivity contribution in [3.8, 4) is 5.75 Å². The van der Waals surface area contributed by atoms with E-state index in [4.69, 9.17) is 5.73 Å². The van der Waals surface area contributed by atoms with Crippen molar-refractivity contribution in [2.45, 2.75) is 19.4 Å². The molecule has 0 saturated heterocycles. The molecular weight excluding hydrogens is 154 g/mol. The predicted molar refractivity (Wildman–Crippen MR) is 47.8 cm³/mol. The second kappa shape index (κ2) is 3.45. The first-order valence-corrected chi connectivity index (χ1v) is 3.91. The molecule has 0 spiro atoms. The van der Waals surface area contributed by atoms with Gasteiger partial charge in [0.2, 0.25) is 0 Å². The molecule has 3 heteroatoms. The van der Waals surface area contributed by atoms with E-state index < -0.39 is 6.10 Å². The molecule has 1 rings (SSSR count). The number of nitrogens with two attached hydrogens (primary N) is 1. The maximum atomic E-state index is 9.42. The number of aromatic hydroxyl groups is 1. The van der Waals surface area contributed by atoms with Crippen molar-refractivity contribution in [2.75, 3.05) is 5.73 Å². The Bertz CT molecular complexity index is 273. The van der Waals surface area contributed by atoms with Gasteiger partial charge in [0.25, 0.3) is 0 Å². The van der Waals surface area contributed by atoms with Crippen LogP contribution in [0.2, 0.25) is 0 Å². The third kappa shape index (κ3) is 1.68. The number of benzene rings is 1. The molecule has 0 fully saturated rings. The quantitative estimate of drug-likeness (QED) is 0.461. The van der Waals surface area contributed by atoms with Gasteiger partial charge in [-0.15, -0.1) is 0 Å². The highest BCUT2D eigenvalue weighted by atomic mass is 16.3. The van der Waals surface area contributed by atoms with Gasteiger partial charge in [-0.25, -0.2) is 0 Å². The highest BCUT2D eigenvalue weighted by molar-refractivity contribution is 5.48. The summed E-state index contributed by atoms with van der Waals surface area (Å²) in [6.45, 7) is 1.84. The number of rotatable bonds is 2. The third-order valence-electron chi connectivity index (χ3n) is 1.80. The fraction of sp³-hybridized carbons (Fsp3) is 0.333. The van der Waals surface area contributed by atoms with Gasteiger partial charge in [-0.2, -0.15) is 0 Å². The fourth-order valence-electron chi connectivity index (χ4n) is 1.06. The molecule has 1 aromatic carbocycles. The summed E-state index contributed by atoms with van der Waals surface area (Å²) in [5.41, 5.74) is 6.55. The zero-order chi connectivity index (χ0) is 9.14. The minimum absolute atomic E-state index is 0.0959. The van der Waals surface area contributed by atoms with Crippen LogP contribution in [0.5, 0.6) is 5.75 Å². The Hall–Kier alpha value is -1.22. The maximum Gasteiger partial charge on any atom is 0.121 e. The van der Waals surface area contributed by atoms with Crippen molar-refractivity contribution in [3.63, 3.8) is 0 Å². The van der Waals surface area contributed by atoms with Gasteiger partial charge in [0, 0.05) is 11.3 Å². The molecule has 12 heavy (non-hydrogen) atoms. The standard InChI is InChI=1S/C9H13NO2/c1-2-8(11)7-5-6(10)3-4-9(7)12/h3-5,8,11-12H,2,10H2,1H3. The zero-order valence-corrected chi connectivity index (χ0v) is 6.99. The van der Waals surface area contributed by atoms with E-state index in [9.17, 15) is 10.2 Å². The Labute approximate surface area is 71.5 Å². The maximum absolute atomic E-state index is 9.42. The van der Waals surface area contributed by atoms with Crippen molar-refractivity contribution in [1.82, 2.24) is 0 Å². The highest BCUT2D eigenvalue weighted by Crippen LogP contribution is 2.27. The first-order chi connectivity index (χ1) is 5.65. The zero-order valence-electron chi connectivity index (χ0n) is 6.99. The van der Waals surface area contributed by atoms with Crippen molar-refractivity contribution in [2.24, 2.45) is 0 Å². The minimum atomic E-state index is -0.631. The second-order valence-electron chi connectivity index (χ2n) is 2.74. The molecule has 0 aliphatic carbocycles. The molecule has 0 aliphatic heterocycles.